The molecule has 0 aliphatic heterocycles. The Hall–Kier alpha value is -1.83. The summed E-state index contributed by atoms with van der Waals surface area (Å²) in [5, 5.41) is 0. The second-order valence-electron chi connectivity index (χ2n) is 4.63. The fourth-order valence-corrected chi connectivity index (χ4v) is 1.84. The van der Waals surface area contributed by atoms with Gasteiger partial charge >= 0.3 is 0 Å². The Bertz CT molecular complexity index is 510. The van der Waals surface area contributed by atoms with Crippen LogP contribution in [0.1, 0.15) is 22.3 Å². The Kier molecular flexibility index (Phi) is 3.66. The summed E-state index contributed by atoms with van der Waals surface area (Å²) in [5.41, 5.74) is 4.48. The molecule has 0 atom stereocenters. The molecule has 0 aliphatic carbocycles. The van der Waals surface area contributed by atoms with Crippen molar-refractivity contribution in [3.63, 3.8) is 0 Å². The van der Waals surface area contributed by atoms with Crippen LogP contribution in [0.25, 0.3) is 0 Å². The summed E-state index contributed by atoms with van der Waals surface area (Å²) in [6.07, 6.45) is 0. The van der Waals surface area contributed by atoms with Gasteiger partial charge in [-0.25, -0.2) is 4.39 Å². The molecule has 2 aromatic rings. The van der Waals surface area contributed by atoms with Crippen molar-refractivity contribution in [2.75, 3.05) is 0 Å². The Morgan fingerprint density at radius 1 is 0.944 bits per heavy atom. The summed E-state index contributed by atoms with van der Waals surface area (Å²) in [5.74, 6) is 0.340. The normalized spacial score (nSPS) is 10.4. The van der Waals surface area contributed by atoms with Crippen LogP contribution in [0.3, 0.4) is 0 Å². The van der Waals surface area contributed by atoms with Crippen molar-refractivity contribution in [1.29, 1.82) is 0 Å². The fourth-order valence-electron chi connectivity index (χ4n) is 1.84. The molecule has 0 fully saturated rings. The van der Waals surface area contributed by atoms with Crippen molar-refractivity contribution in [3.8, 4) is 5.75 Å². The first-order chi connectivity index (χ1) is 8.56. The maximum atomic E-state index is 13.1. The second kappa shape index (κ2) is 5.21. The molecule has 0 radical (unpaired) electrons. The summed E-state index contributed by atoms with van der Waals surface area (Å²) in [4.78, 5) is 0. The summed E-state index contributed by atoms with van der Waals surface area (Å²) >= 11 is 0. The molecule has 1 nitrogen and oxygen atoms in total. The molecule has 0 unspecified atom stereocenters. The third-order valence-corrected chi connectivity index (χ3v) is 3.04. The number of halogens is 1. The van der Waals surface area contributed by atoms with Gasteiger partial charge < -0.3 is 4.74 Å². The molecule has 0 N–H and O–H groups in total. The highest BCUT2D eigenvalue weighted by Gasteiger charge is 2.04. The first-order valence-corrected chi connectivity index (χ1v) is 6.01. The summed E-state index contributed by atoms with van der Waals surface area (Å²) < 4.78 is 18.8. The largest absolute Gasteiger partial charge is 0.489 e. The number of hydrogen-bond donors (Lipinski definition) is 0. The Balaban J connectivity index is 2.16. The van der Waals surface area contributed by atoms with Gasteiger partial charge in [-0.1, -0.05) is 29.8 Å². The third-order valence-electron chi connectivity index (χ3n) is 3.04. The van der Waals surface area contributed by atoms with Crippen LogP contribution in [0.2, 0.25) is 0 Å². The Morgan fingerprint density at radius 2 is 1.67 bits per heavy atom. The second-order valence-corrected chi connectivity index (χ2v) is 4.63. The van der Waals surface area contributed by atoms with Gasteiger partial charge in [-0.3, -0.25) is 0 Å². The summed E-state index contributed by atoms with van der Waals surface area (Å²) in [6.45, 7) is 6.49. The molecule has 0 bridgehead atoms. The first-order valence-electron chi connectivity index (χ1n) is 6.01. The minimum absolute atomic E-state index is 0.267. The van der Waals surface area contributed by atoms with Crippen LogP contribution in [-0.4, -0.2) is 0 Å². The SMILES string of the molecule is Cc1ccc(C)c(COc2cc(F)ccc2C)c1. The molecular weight excluding hydrogens is 227 g/mol. The minimum Gasteiger partial charge on any atom is -0.489 e. The van der Waals surface area contributed by atoms with E-state index in [-0.39, 0.29) is 5.82 Å². The molecular formula is C16H17FO. The standard InChI is InChI=1S/C16H17FO/c1-11-4-5-12(2)14(8-11)10-18-16-9-15(17)7-6-13(16)3/h4-9H,10H2,1-3H3. The van der Waals surface area contributed by atoms with Crippen molar-refractivity contribution in [2.45, 2.75) is 27.4 Å². The van der Waals surface area contributed by atoms with Crippen molar-refractivity contribution < 1.29 is 9.13 Å². The van der Waals surface area contributed by atoms with E-state index in [2.05, 4.69) is 32.0 Å². The van der Waals surface area contributed by atoms with Gasteiger partial charge in [0.05, 0.1) is 0 Å². The predicted octanol–water partition coefficient (Wildman–Crippen LogP) is 4.33. The van der Waals surface area contributed by atoms with Crippen LogP contribution < -0.4 is 4.74 Å². The Morgan fingerprint density at radius 3 is 2.44 bits per heavy atom. The van der Waals surface area contributed by atoms with Crippen molar-refractivity contribution in [1.82, 2.24) is 0 Å². The molecule has 0 aromatic heterocycles. The smallest absolute Gasteiger partial charge is 0.126 e. The maximum absolute atomic E-state index is 13.1. The van der Waals surface area contributed by atoms with Crippen molar-refractivity contribution in [2.24, 2.45) is 0 Å². The van der Waals surface area contributed by atoms with Gasteiger partial charge in [0, 0.05) is 6.07 Å². The number of ether oxygens (including phenoxy) is 1. The average molecular weight is 244 g/mol. The lowest BCUT2D eigenvalue weighted by molar-refractivity contribution is 0.301. The fraction of sp³-hybridized carbons (Fsp3) is 0.250. The van der Waals surface area contributed by atoms with Crippen LogP contribution in [0, 0.1) is 26.6 Å². The Labute approximate surface area is 107 Å². The molecule has 0 saturated heterocycles. The molecule has 2 aromatic carbocycles. The molecule has 0 amide bonds. The number of aryl methyl sites for hydroxylation is 3. The lowest BCUT2D eigenvalue weighted by Crippen LogP contribution is -2.00. The third kappa shape index (κ3) is 2.89. The van der Waals surface area contributed by atoms with E-state index in [1.165, 1.54) is 23.3 Å². The molecule has 0 heterocycles. The van der Waals surface area contributed by atoms with Gasteiger partial charge in [0.2, 0.25) is 0 Å². The van der Waals surface area contributed by atoms with Crippen LogP contribution in [0.4, 0.5) is 4.39 Å². The van der Waals surface area contributed by atoms with Gasteiger partial charge in [0.15, 0.2) is 0 Å². The molecule has 2 rings (SSSR count). The van der Waals surface area contributed by atoms with Crippen molar-refractivity contribution in [3.05, 3.63) is 64.5 Å². The molecule has 0 aliphatic rings. The average Bonchev–Trinajstić information content (AvgIpc) is 2.34. The zero-order valence-electron chi connectivity index (χ0n) is 11.0. The highest BCUT2D eigenvalue weighted by molar-refractivity contribution is 5.34. The minimum atomic E-state index is -0.267. The van der Waals surface area contributed by atoms with Crippen LogP contribution in [0.15, 0.2) is 36.4 Å². The maximum Gasteiger partial charge on any atom is 0.126 e. The number of hydrogen-bond acceptors (Lipinski definition) is 1. The van der Waals surface area contributed by atoms with Gasteiger partial charge in [-0.15, -0.1) is 0 Å². The van der Waals surface area contributed by atoms with E-state index in [1.54, 1.807) is 6.07 Å². The zero-order valence-corrected chi connectivity index (χ0v) is 11.0. The van der Waals surface area contributed by atoms with Gasteiger partial charge in [0.1, 0.15) is 18.2 Å². The molecule has 0 saturated carbocycles. The predicted molar refractivity (Wildman–Crippen MR) is 71.4 cm³/mol. The van der Waals surface area contributed by atoms with Gasteiger partial charge in [0.25, 0.3) is 0 Å². The lowest BCUT2D eigenvalue weighted by Gasteiger charge is -2.11. The van der Waals surface area contributed by atoms with Gasteiger partial charge in [-0.05, 0) is 43.5 Å². The van der Waals surface area contributed by atoms with Crippen LogP contribution >= 0.6 is 0 Å². The van der Waals surface area contributed by atoms with E-state index in [4.69, 9.17) is 4.74 Å². The van der Waals surface area contributed by atoms with E-state index in [0.717, 1.165) is 11.1 Å². The quantitative estimate of drug-likeness (QED) is 0.780. The summed E-state index contributed by atoms with van der Waals surface area (Å²) in [7, 11) is 0. The number of rotatable bonds is 3. The monoisotopic (exact) mass is 244 g/mol. The van der Waals surface area contributed by atoms with E-state index in [9.17, 15) is 4.39 Å². The number of benzene rings is 2. The first kappa shape index (κ1) is 12.6. The van der Waals surface area contributed by atoms with E-state index in [1.807, 2.05) is 6.92 Å². The van der Waals surface area contributed by atoms with Crippen LogP contribution in [0.5, 0.6) is 5.75 Å². The highest BCUT2D eigenvalue weighted by Crippen LogP contribution is 2.21. The van der Waals surface area contributed by atoms with Gasteiger partial charge in [-0.2, -0.15) is 0 Å². The van der Waals surface area contributed by atoms with Crippen molar-refractivity contribution >= 4 is 0 Å². The lowest BCUT2D eigenvalue weighted by atomic mass is 10.1. The van der Waals surface area contributed by atoms with E-state index < -0.39 is 0 Å². The van der Waals surface area contributed by atoms with Crippen LogP contribution in [-0.2, 0) is 6.61 Å². The molecule has 18 heavy (non-hydrogen) atoms. The van der Waals surface area contributed by atoms with E-state index >= 15 is 0 Å². The highest BCUT2D eigenvalue weighted by atomic mass is 19.1. The molecule has 94 valence electrons. The zero-order chi connectivity index (χ0) is 13.1. The van der Waals surface area contributed by atoms with E-state index in [0.29, 0.717) is 12.4 Å². The topological polar surface area (TPSA) is 9.23 Å². The summed E-state index contributed by atoms with van der Waals surface area (Å²) in [6, 6.07) is 10.9. The molecule has 2 heteroatoms. The molecule has 0 spiro atoms.